The fraction of sp³-hybridized carbons (Fsp3) is 0.500. The van der Waals surface area contributed by atoms with E-state index in [4.69, 9.17) is 5.73 Å². The number of amides is 1. The second-order valence-corrected chi connectivity index (χ2v) is 4.98. The number of nitrogens with zero attached hydrogens (tertiary/aromatic N) is 1. The van der Waals surface area contributed by atoms with E-state index in [1.807, 2.05) is 0 Å². The van der Waals surface area contributed by atoms with E-state index in [9.17, 15) is 9.90 Å². The Bertz CT molecular complexity index is 405. The van der Waals surface area contributed by atoms with Gasteiger partial charge in [0.15, 0.2) is 0 Å². The maximum Gasteiger partial charge on any atom is 0.231 e. The first-order valence-corrected chi connectivity index (χ1v) is 6.22. The zero-order valence-electron chi connectivity index (χ0n) is 11.3. The number of nitrogens with two attached hydrogens (primary N) is 1. The van der Waals surface area contributed by atoms with Crippen LogP contribution in [-0.4, -0.2) is 24.6 Å². The Balaban J connectivity index is 2.82. The molecule has 3 N–H and O–H groups in total. The Morgan fingerprint density at radius 2 is 2.11 bits per heavy atom. The van der Waals surface area contributed by atoms with Gasteiger partial charge in [-0.1, -0.05) is 19.9 Å². The highest BCUT2D eigenvalue weighted by Gasteiger charge is 2.22. The van der Waals surface area contributed by atoms with Crippen LogP contribution >= 0.6 is 0 Å². The Hall–Kier alpha value is -1.55. The molecule has 4 nitrogen and oxygen atoms in total. The molecular formula is C14H22N2O2. The molecule has 1 atom stereocenters. The molecule has 1 unspecified atom stereocenters. The van der Waals surface area contributed by atoms with Crippen LogP contribution < -0.4 is 10.6 Å². The van der Waals surface area contributed by atoms with E-state index in [1.54, 1.807) is 36.2 Å². The number of carbonyl (C=O) groups excluding carboxylic acids is 1. The minimum Gasteiger partial charge on any atom is -0.508 e. The van der Waals surface area contributed by atoms with Crippen molar-refractivity contribution < 1.29 is 9.90 Å². The van der Waals surface area contributed by atoms with Crippen LogP contribution in [0.25, 0.3) is 0 Å². The highest BCUT2D eigenvalue weighted by atomic mass is 16.3. The van der Waals surface area contributed by atoms with Crippen molar-refractivity contribution in [3.8, 4) is 5.75 Å². The van der Waals surface area contributed by atoms with Crippen LogP contribution in [0.15, 0.2) is 24.3 Å². The molecule has 0 aliphatic rings. The summed E-state index contributed by atoms with van der Waals surface area (Å²) in [6.07, 6.45) is 0.776. The normalized spacial score (nSPS) is 12.5. The minimum absolute atomic E-state index is 0.00296. The van der Waals surface area contributed by atoms with E-state index in [0.717, 1.165) is 6.42 Å². The van der Waals surface area contributed by atoms with Gasteiger partial charge in [0.2, 0.25) is 5.91 Å². The molecule has 0 spiro atoms. The quantitative estimate of drug-likeness (QED) is 0.839. The van der Waals surface area contributed by atoms with Crippen molar-refractivity contribution in [2.75, 3.05) is 18.5 Å². The summed E-state index contributed by atoms with van der Waals surface area (Å²) in [5.41, 5.74) is 6.35. The first-order chi connectivity index (χ1) is 8.45. The summed E-state index contributed by atoms with van der Waals surface area (Å²) in [5, 5.41) is 9.42. The lowest BCUT2D eigenvalue weighted by atomic mass is 9.96. The molecule has 1 amide bonds. The van der Waals surface area contributed by atoms with E-state index in [1.165, 1.54) is 0 Å². The van der Waals surface area contributed by atoms with Gasteiger partial charge in [-0.05, 0) is 24.5 Å². The van der Waals surface area contributed by atoms with Gasteiger partial charge >= 0.3 is 0 Å². The Kier molecular flexibility index (Phi) is 5.16. The van der Waals surface area contributed by atoms with Gasteiger partial charge in [-0.2, -0.15) is 0 Å². The van der Waals surface area contributed by atoms with E-state index in [-0.39, 0.29) is 17.6 Å². The Morgan fingerprint density at radius 3 is 2.61 bits per heavy atom. The maximum absolute atomic E-state index is 12.3. The van der Waals surface area contributed by atoms with Crippen LogP contribution in [0.4, 0.5) is 5.69 Å². The first kappa shape index (κ1) is 14.5. The van der Waals surface area contributed by atoms with Crippen LogP contribution in [0.1, 0.15) is 20.3 Å². The molecule has 1 rings (SSSR count). The summed E-state index contributed by atoms with van der Waals surface area (Å²) in [4.78, 5) is 13.8. The van der Waals surface area contributed by atoms with Crippen LogP contribution in [0, 0.1) is 11.8 Å². The smallest absolute Gasteiger partial charge is 0.231 e. The average Bonchev–Trinajstić information content (AvgIpc) is 2.34. The summed E-state index contributed by atoms with van der Waals surface area (Å²) in [5.74, 6) is 0.412. The van der Waals surface area contributed by atoms with E-state index >= 15 is 0 Å². The molecule has 1 aromatic rings. The number of phenols is 1. The van der Waals surface area contributed by atoms with Crippen LogP contribution in [0.2, 0.25) is 0 Å². The molecule has 0 heterocycles. The van der Waals surface area contributed by atoms with Crippen LogP contribution in [0.5, 0.6) is 5.75 Å². The van der Waals surface area contributed by atoms with Crippen molar-refractivity contribution in [2.45, 2.75) is 20.3 Å². The van der Waals surface area contributed by atoms with Gasteiger partial charge in [0.05, 0.1) is 5.92 Å². The number of benzene rings is 1. The molecule has 4 heteroatoms. The number of hydrogen-bond acceptors (Lipinski definition) is 3. The summed E-state index contributed by atoms with van der Waals surface area (Å²) >= 11 is 0. The predicted molar refractivity (Wildman–Crippen MR) is 73.5 cm³/mol. The molecule has 0 bridgehead atoms. The van der Waals surface area contributed by atoms with Gasteiger partial charge in [0.1, 0.15) is 5.75 Å². The van der Waals surface area contributed by atoms with Crippen LogP contribution in [-0.2, 0) is 4.79 Å². The van der Waals surface area contributed by atoms with Gasteiger partial charge in [-0.15, -0.1) is 0 Å². The third-order valence-corrected chi connectivity index (χ3v) is 2.94. The van der Waals surface area contributed by atoms with Crippen LogP contribution in [0.3, 0.4) is 0 Å². The zero-order valence-corrected chi connectivity index (χ0v) is 11.3. The van der Waals surface area contributed by atoms with Crippen molar-refractivity contribution >= 4 is 11.6 Å². The second kappa shape index (κ2) is 6.40. The minimum atomic E-state index is -0.169. The first-order valence-electron chi connectivity index (χ1n) is 6.22. The second-order valence-electron chi connectivity index (χ2n) is 4.98. The van der Waals surface area contributed by atoms with Crippen molar-refractivity contribution in [3.05, 3.63) is 24.3 Å². The third kappa shape index (κ3) is 3.74. The summed E-state index contributed by atoms with van der Waals surface area (Å²) in [6.45, 7) is 4.49. The molecular weight excluding hydrogens is 228 g/mol. The molecule has 0 fully saturated rings. The molecule has 0 aliphatic carbocycles. The average molecular weight is 250 g/mol. The Labute approximate surface area is 108 Å². The molecule has 0 saturated carbocycles. The topological polar surface area (TPSA) is 66.6 Å². The molecule has 0 aliphatic heterocycles. The molecule has 1 aromatic carbocycles. The third-order valence-electron chi connectivity index (χ3n) is 2.94. The molecule has 0 aromatic heterocycles. The maximum atomic E-state index is 12.3. The van der Waals surface area contributed by atoms with Crippen molar-refractivity contribution in [1.82, 2.24) is 0 Å². The fourth-order valence-electron chi connectivity index (χ4n) is 1.97. The highest BCUT2D eigenvalue weighted by molar-refractivity contribution is 5.94. The lowest BCUT2D eigenvalue weighted by Crippen LogP contribution is -2.37. The van der Waals surface area contributed by atoms with Gasteiger partial charge in [0, 0.05) is 25.3 Å². The molecule has 18 heavy (non-hydrogen) atoms. The van der Waals surface area contributed by atoms with Gasteiger partial charge in [-0.25, -0.2) is 0 Å². The van der Waals surface area contributed by atoms with E-state index < -0.39 is 0 Å². The van der Waals surface area contributed by atoms with Gasteiger partial charge in [0.25, 0.3) is 0 Å². The Morgan fingerprint density at radius 1 is 1.44 bits per heavy atom. The predicted octanol–water partition coefficient (Wildman–Crippen LogP) is 1.98. The lowest BCUT2D eigenvalue weighted by Gasteiger charge is -2.24. The van der Waals surface area contributed by atoms with Gasteiger partial charge in [-0.3, -0.25) is 4.79 Å². The van der Waals surface area contributed by atoms with Gasteiger partial charge < -0.3 is 15.7 Å². The zero-order chi connectivity index (χ0) is 13.7. The standard InChI is InChI=1S/C14H22N2O2/c1-10(2)7-11(9-15)14(18)16(3)12-5-4-6-13(17)8-12/h4-6,8,10-11,17H,7,9,15H2,1-3H3. The summed E-state index contributed by atoms with van der Waals surface area (Å²) in [6, 6.07) is 6.66. The monoisotopic (exact) mass is 250 g/mol. The number of carbonyl (C=O) groups is 1. The van der Waals surface area contributed by atoms with E-state index in [2.05, 4.69) is 13.8 Å². The number of phenolic OH excluding ortho intramolecular Hbond substituents is 1. The number of anilines is 1. The SMILES string of the molecule is CC(C)CC(CN)C(=O)N(C)c1cccc(O)c1. The number of aromatic hydroxyl groups is 1. The lowest BCUT2D eigenvalue weighted by molar-refractivity contribution is -0.122. The van der Waals surface area contributed by atoms with Crippen molar-refractivity contribution in [1.29, 1.82) is 0 Å². The van der Waals surface area contributed by atoms with Crippen molar-refractivity contribution in [3.63, 3.8) is 0 Å². The fourth-order valence-corrected chi connectivity index (χ4v) is 1.97. The summed E-state index contributed by atoms with van der Waals surface area (Å²) in [7, 11) is 1.71. The molecule has 0 radical (unpaired) electrons. The largest absolute Gasteiger partial charge is 0.508 e. The number of hydrogen-bond donors (Lipinski definition) is 2. The highest BCUT2D eigenvalue weighted by Crippen LogP contribution is 2.22. The molecule has 0 saturated heterocycles. The molecule has 100 valence electrons. The number of rotatable bonds is 5. The summed E-state index contributed by atoms with van der Waals surface area (Å²) < 4.78 is 0. The van der Waals surface area contributed by atoms with Crippen molar-refractivity contribution in [2.24, 2.45) is 17.6 Å². The van der Waals surface area contributed by atoms with E-state index in [0.29, 0.717) is 18.2 Å².